The van der Waals surface area contributed by atoms with Gasteiger partial charge in [0.05, 0.1) is 28.6 Å². The Hall–Kier alpha value is -3.12. The molecule has 0 aromatic heterocycles. The number of phenolic OH excluding ortho intramolecular Hbond substituents is 1. The molecule has 1 heterocycles. The Morgan fingerprint density at radius 3 is 2.72 bits per heavy atom. The maximum atomic E-state index is 13.8. The predicted octanol–water partition coefficient (Wildman–Crippen LogP) is 5.38. The number of fused-ring (bicyclic) bond motifs is 1. The van der Waals surface area contributed by atoms with Crippen LogP contribution in [-0.4, -0.2) is 23.5 Å². The number of amides is 2. The van der Waals surface area contributed by atoms with Gasteiger partial charge in [0, 0.05) is 5.92 Å². The van der Waals surface area contributed by atoms with E-state index in [4.69, 9.17) is 16.3 Å². The highest BCUT2D eigenvalue weighted by Gasteiger charge is 2.62. The molecule has 2 aromatic rings. The van der Waals surface area contributed by atoms with E-state index in [0.29, 0.717) is 18.8 Å². The standard InChI is InChI=1S/C25H23ClFNO4/c1-4-14-6-9-17-23(30)28(16-8-10-19(27)18(26)13-16)24(31)25(17,3)22(14)15-7-11-20(29)21(12-15)32-5-2/h4,6-8,10-13,17,22,29H,1,5,9H2,2-3H3/t17-,22+,25+/m0/s1. The Kier molecular flexibility index (Phi) is 5.59. The van der Waals surface area contributed by atoms with Crippen molar-refractivity contribution < 1.29 is 23.8 Å². The molecule has 2 amide bonds. The van der Waals surface area contributed by atoms with Crippen molar-refractivity contribution in [3.05, 3.63) is 77.1 Å². The van der Waals surface area contributed by atoms with Crippen LogP contribution in [0.25, 0.3) is 0 Å². The van der Waals surface area contributed by atoms with Crippen LogP contribution < -0.4 is 9.64 Å². The molecule has 3 atom stereocenters. The SMILES string of the molecule is C=CC1=CC[C@H]2C(=O)N(c3ccc(F)c(Cl)c3)C(=O)[C@@]2(C)[C@H]1c1ccc(O)c(OCC)c1. The first-order chi connectivity index (χ1) is 15.2. The van der Waals surface area contributed by atoms with Gasteiger partial charge in [0.25, 0.3) is 0 Å². The number of hydrogen-bond donors (Lipinski definition) is 1. The van der Waals surface area contributed by atoms with E-state index in [-0.39, 0.29) is 22.4 Å². The van der Waals surface area contributed by atoms with Crippen molar-refractivity contribution in [1.29, 1.82) is 0 Å². The number of nitrogens with zero attached hydrogens (tertiary/aromatic N) is 1. The quantitative estimate of drug-likeness (QED) is 0.615. The van der Waals surface area contributed by atoms with Crippen molar-refractivity contribution in [2.75, 3.05) is 11.5 Å². The summed E-state index contributed by atoms with van der Waals surface area (Å²) >= 11 is 5.92. The van der Waals surface area contributed by atoms with Crippen molar-refractivity contribution in [3.63, 3.8) is 0 Å². The fourth-order valence-electron chi connectivity index (χ4n) is 4.88. The normalized spacial score (nSPS) is 24.9. The van der Waals surface area contributed by atoms with Crippen LogP contribution in [0.5, 0.6) is 11.5 Å². The van der Waals surface area contributed by atoms with E-state index in [0.717, 1.165) is 22.1 Å². The summed E-state index contributed by atoms with van der Waals surface area (Å²) in [6, 6.07) is 8.75. The molecule has 166 valence electrons. The van der Waals surface area contributed by atoms with E-state index in [1.54, 1.807) is 25.1 Å². The van der Waals surface area contributed by atoms with Gasteiger partial charge in [0.2, 0.25) is 11.8 Å². The highest BCUT2D eigenvalue weighted by atomic mass is 35.5. The third-order valence-electron chi connectivity index (χ3n) is 6.44. The second kappa shape index (κ2) is 8.10. The average molecular weight is 456 g/mol. The Balaban J connectivity index is 1.85. The molecule has 1 fully saturated rings. The fraction of sp³-hybridized carbons (Fsp3) is 0.280. The molecule has 1 N–H and O–H groups in total. The molecular weight excluding hydrogens is 433 g/mol. The zero-order chi connectivity index (χ0) is 23.2. The number of phenols is 1. The molecule has 0 spiro atoms. The van der Waals surface area contributed by atoms with E-state index >= 15 is 0 Å². The van der Waals surface area contributed by atoms with Crippen molar-refractivity contribution in [2.45, 2.75) is 26.2 Å². The highest BCUT2D eigenvalue weighted by molar-refractivity contribution is 6.31. The number of allylic oxidation sites excluding steroid dienone is 3. The van der Waals surface area contributed by atoms with Crippen molar-refractivity contribution in [1.82, 2.24) is 0 Å². The van der Waals surface area contributed by atoms with Crippen LogP contribution in [0.2, 0.25) is 5.02 Å². The minimum absolute atomic E-state index is 0.00588. The number of ether oxygens (including phenoxy) is 1. The molecule has 0 unspecified atom stereocenters. The Morgan fingerprint density at radius 1 is 1.31 bits per heavy atom. The lowest BCUT2D eigenvalue weighted by molar-refractivity contribution is -0.127. The molecule has 2 aliphatic rings. The summed E-state index contributed by atoms with van der Waals surface area (Å²) < 4.78 is 19.2. The molecule has 1 aliphatic carbocycles. The number of carbonyl (C=O) groups is 2. The molecular formula is C25H23ClFNO4. The van der Waals surface area contributed by atoms with Crippen molar-refractivity contribution in [2.24, 2.45) is 11.3 Å². The predicted molar refractivity (Wildman–Crippen MR) is 120 cm³/mol. The van der Waals surface area contributed by atoms with Gasteiger partial charge < -0.3 is 9.84 Å². The molecule has 4 rings (SSSR count). The van der Waals surface area contributed by atoms with Gasteiger partial charge in [-0.25, -0.2) is 9.29 Å². The minimum atomic E-state index is -1.11. The van der Waals surface area contributed by atoms with Crippen LogP contribution in [0.1, 0.15) is 31.7 Å². The van der Waals surface area contributed by atoms with Gasteiger partial charge in [-0.05, 0) is 61.7 Å². The van der Waals surface area contributed by atoms with Gasteiger partial charge in [-0.15, -0.1) is 0 Å². The molecule has 1 aliphatic heterocycles. The second-order valence-corrected chi connectivity index (χ2v) is 8.56. The third kappa shape index (κ3) is 3.21. The average Bonchev–Trinajstić information content (AvgIpc) is 2.97. The van der Waals surface area contributed by atoms with Crippen molar-refractivity contribution >= 4 is 29.1 Å². The number of hydrogen-bond acceptors (Lipinski definition) is 4. The smallest absolute Gasteiger partial charge is 0.241 e. The number of rotatable bonds is 5. The first-order valence-electron chi connectivity index (χ1n) is 10.4. The van der Waals surface area contributed by atoms with Gasteiger partial charge >= 0.3 is 0 Å². The lowest BCUT2D eigenvalue weighted by atomic mass is 9.60. The van der Waals surface area contributed by atoms with Crippen LogP contribution >= 0.6 is 11.6 Å². The zero-order valence-corrected chi connectivity index (χ0v) is 18.5. The lowest BCUT2D eigenvalue weighted by Crippen LogP contribution is -2.41. The first-order valence-corrected chi connectivity index (χ1v) is 10.7. The Labute approximate surface area is 190 Å². The maximum absolute atomic E-state index is 13.8. The summed E-state index contributed by atoms with van der Waals surface area (Å²) in [5.41, 5.74) is 0.667. The molecule has 2 aromatic carbocycles. The lowest BCUT2D eigenvalue weighted by Gasteiger charge is -2.40. The van der Waals surface area contributed by atoms with Crippen LogP contribution in [0.4, 0.5) is 10.1 Å². The largest absolute Gasteiger partial charge is 0.504 e. The van der Waals surface area contributed by atoms with Crippen molar-refractivity contribution in [3.8, 4) is 11.5 Å². The number of carbonyl (C=O) groups excluding carboxylic acids is 2. The van der Waals surface area contributed by atoms with Crippen LogP contribution in [-0.2, 0) is 9.59 Å². The molecule has 0 saturated carbocycles. The van der Waals surface area contributed by atoms with Gasteiger partial charge in [-0.2, -0.15) is 0 Å². The summed E-state index contributed by atoms with van der Waals surface area (Å²) in [6.07, 6.45) is 3.99. The molecule has 0 radical (unpaired) electrons. The number of benzene rings is 2. The monoisotopic (exact) mass is 455 g/mol. The van der Waals surface area contributed by atoms with E-state index in [1.165, 1.54) is 18.2 Å². The van der Waals surface area contributed by atoms with Gasteiger partial charge in [0.1, 0.15) is 5.82 Å². The van der Waals surface area contributed by atoms with E-state index < -0.39 is 29.0 Å². The van der Waals surface area contributed by atoms with Crippen LogP contribution in [0.3, 0.4) is 0 Å². The minimum Gasteiger partial charge on any atom is -0.504 e. The number of halogens is 2. The summed E-state index contributed by atoms with van der Waals surface area (Å²) in [5, 5.41) is 9.98. The van der Waals surface area contributed by atoms with Gasteiger partial charge in [-0.1, -0.05) is 36.4 Å². The Bertz CT molecular complexity index is 1160. The molecule has 32 heavy (non-hydrogen) atoms. The topological polar surface area (TPSA) is 66.8 Å². The Morgan fingerprint density at radius 2 is 2.06 bits per heavy atom. The summed E-state index contributed by atoms with van der Waals surface area (Å²) in [7, 11) is 0. The van der Waals surface area contributed by atoms with Crippen LogP contribution in [0, 0.1) is 17.2 Å². The number of imide groups is 1. The van der Waals surface area contributed by atoms with Gasteiger partial charge in [0.15, 0.2) is 11.5 Å². The van der Waals surface area contributed by atoms with E-state index in [9.17, 15) is 19.1 Å². The van der Waals surface area contributed by atoms with Crippen LogP contribution in [0.15, 0.2) is 60.7 Å². The summed E-state index contributed by atoms with van der Waals surface area (Å²) in [5.74, 6) is -2.18. The molecule has 0 bridgehead atoms. The zero-order valence-electron chi connectivity index (χ0n) is 17.8. The molecule has 5 nitrogen and oxygen atoms in total. The first kappa shape index (κ1) is 22.1. The number of aromatic hydroxyl groups is 1. The second-order valence-electron chi connectivity index (χ2n) is 8.15. The van der Waals surface area contributed by atoms with E-state index in [2.05, 4.69) is 6.58 Å². The third-order valence-corrected chi connectivity index (χ3v) is 6.73. The maximum Gasteiger partial charge on any atom is 0.241 e. The summed E-state index contributed by atoms with van der Waals surface area (Å²) in [6.45, 7) is 7.85. The van der Waals surface area contributed by atoms with Gasteiger partial charge in [-0.3, -0.25) is 9.59 Å². The fourth-order valence-corrected chi connectivity index (χ4v) is 5.06. The molecule has 7 heteroatoms. The van der Waals surface area contributed by atoms with E-state index in [1.807, 2.05) is 13.0 Å². The number of anilines is 1. The molecule has 1 saturated heterocycles. The highest BCUT2D eigenvalue weighted by Crippen LogP contribution is 2.57. The summed E-state index contributed by atoms with van der Waals surface area (Å²) in [4.78, 5) is 28.3.